The number of hydrogen-bond donors (Lipinski definition) is 12. The number of carbonyl (C=O) groups is 10. The SMILES string of the molecule is CC(C)C(=O)C[C@@H](Cc1ccccc1)C(=O)N[C@@H](CC(=O)O)C(=O)C[C@@H](Cc1ccccc1)C(=O)N[C@@H](CCCCN)C(=O)C[C@@H](CCCN=C(N)N)C(=O)N[C@@H](CCCCN)C(=O)C[C@@H](C)C(=O)N[C@@H](CCCN=C(N)N)C(N)=O. The number of hydrogen-bond acceptors (Lipinski definition) is 14. The predicted octanol–water partition coefficient (Wildman–Crippen LogP) is 0.714. The van der Waals surface area contributed by atoms with E-state index >= 15 is 0 Å². The molecule has 0 aromatic heterocycles. The van der Waals surface area contributed by atoms with E-state index < -0.39 is 126 Å². The van der Waals surface area contributed by atoms with Crippen LogP contribution in [-0.2, 0) is 60.8 Å². The van der Waals surface area contributed by atoms with Gasteiger partial charge in [0, 0.05) is 68.4 Å². The number of aliphatic carboxylic acids is 1. The maximum atomic E-state index is 14.6. The van der Waals surface area contributed by atoms with Crippen LogP contribution in [0.2, 0.25) is 0 Å². The highest BCUT2D eigenvalue weighted by molar-refractivity contribution is 5.98. The number of carbonyl (C=O) groups excluding carboxylic acids is 9. The number of guanidine groups is 2. The number of primary amides is 1. The van der Waals surface area contributed by atoms with Crippen LogP contribution >= 0.6 is 0 Å². The van der Waals surface area contributed by atoms with E-state index in [0.717, 1.165) is 5.56 Å². The van der Waals surface area contributed by atoms with E-state index in [1.165, 1.54) is 6.92 Å². The Morgan fingerprint density at radius 2 is 0.827 bits per heavy atom. The third-order valence-electron chi connectivity index (χ3n) is 13.7. The summed E-state index contributed by atoms with van der Waals surface area (Å²) in [5.41, 5.74) is 40.4. The van der Waals surface area contributed by atoms with Crippen LogP contribution in [0.15, 0.2) is 70.6 Å². The van der Waals surface area contributed by atoms with Gasteiger partial charge in [0.1, 0.15) is 11.8 Å². The van der Waals surface area contributed by atoms with Gasteiger partial charge in [-0.2, -0.15) is 0 Å². The minimum Gasteiger partial charge on any atom is -0.481 e. The first kappa shape index (κ1) is 69.5. The van der Waals surface area contributed by atoms with Crippen molar-refractivity contribution in [3.63, 3.8) is 0 Å². The van der Waals surface area contributed by atoms with Gasteiger partial charge in [-0.05, 0) is 101 Å². The van der Waals surface area contributed by atoms with Crippen molar-refractivity contribution < 1.29 is 53.1 Å². The summed E-state index contributed by atoms with van der Waals surface area (Å²) < 4.78 is 0. The minimum absolute atomic E-state index is 0.0303. The number of nitrogens with zero attached hydrogens (tertiary/aromatic N) is 2. The molecule has 24 nitrogen and oxygen atoms in total. The molecule has 0 unspecified atom stereocenters. The maximum absolute atomic E-state index is 14.6. The number of ketones is 4. The molecule has 81 heavy (non-hydrogen) atoms. The van der Waals surface area contributed by atoms with Crippen molar-refractivity contribution in [3.8, 4) is 0 Å². The van der Waals surface area contributed by atoms with Crippen LogP contribution in [0.4, 0.5) is 0 Å². The van der Waals surface area contributed by atoms with Crippen molar-refractivity contribution in [1.29, 1.82) is 0 Å². The number of amides is 5. The normalized spacial score (nSPS) is 14.0. The monoisotopic (exact) mass is 1130 g/mol. The molecule has 24 heteroatoms. The van der Waals surface area contributed by atoms with E-state index in [2.05, 4.69) is 31.3 Å². The van der Waals surface area contributed by atoms with Crippen molar-refractivity contribution in [2.24, 2.45) is 79.7 Å². The van der Waals surface area contributed by atoms with E-state index in [4.69, 9.17) is 40.1 Å². The molecule has 0 aliphatic carbocycles. The second-order valence-electron chi connectivity index (χ2n) is 20.9. The zero-order chi connectivity index (χ0) is 60.4. The highest BCUT2D eigenvalue weighted by atomic mass is 16.4. The molecule has 0 fully saturated rings. The fraction of sp³-hybridized carbons (Fsp3) is 0.579. The summed E-state index contributed by atoms with van der Waals surface area (Å²) in [5, 5.41) is 20.8. The highest BCUT2D eigenvalue weighted by Crippen LogP contribution is 2.22. The Hall–Kier alpha value is -7.60. The average molecular weight is 1130 g/mol. The summed E-state index contributed by atoms with van der Waals surface area (Å²) in [6.45, 7) is 5.72. The number of nitrogens with two attached hydrogens (primary N) is 7. The van der Waals surface area contributed by atoms with Crippen LogP contribution in [-0.4, -0.2) is 126 Å². The zero-order valence-electron chi connectivity index (χ0n) is 47.3. The summed E-state index contributed by atoms with van der Waals surface area (Å²) in [6, 6.07) is 12.6. The summed E-state index contributed by atoms with van der Waals surface area (Å²) >= 11 is 0. The van der Waals surface area contributed by atoms with Crippen LogP contribution in [0, 0.1) is 29.6 Å². The molecule has 2 rings (SSSR count). The first-order valence-electron chi connectivity index (χ1n) is 27.9. The fourth-order valence-electron chi connectivity index (χ4n) is 8.97. The standard InChI is InChI=1S/C57H89N13O11/c1-35(2)46(71)32-40(29-37-16-6-4-7-17-37)55(81)70-45(34-50(75)76)49(74)33-41(30-38-18-8-5-9-19-38)54(80)68-43(22-11-13-25-59)48(73)31-39(20-14-26-65-56(61)62)53(79)67-42(21-10-12-24-58)47(72)28-36(3)52(78)69-44(51(60)77)23-15-27-66-57(63)64/h4-9,16-19,35-36,39-45H,10-15,20-34,58-59H2,1-3H3,(H2,60,77)(H,67,79)(H,68,80)(H,69,78)(H,70,81)(H,75,76)(H4,61,62,65)(H4,63,64,66)/t36-,39-,40-,41-,42+,43+,44+,45+/m1/s1. The average Bonchev–Trinajstić information content (AvgIpc) is 3.41. The molecular weight excluding hydrogens is 1040 g/mol. The first-order valence-corrected chi connectivity index (χ1v) is 27.9. The Morgan fingerprint density at radius 3 is 1.26 bits per heavy atom. The molecule has 0 aliphatic rings. The second-order valence-corrected chi connectivity index (χ2v) is 20.9. The van der Waals surface area contributed by atoms with E-state index in [-0.39, 0.29) is 95.1 Å². The third-order valence-corrected chi connectivity index (χ3v) is 13.7. The Labute approximate surface area is 475 Å². The molecule has 448 valence electrons. The molecule has 2 aromatic rings. The summed E-state index contributed by atoms with van der Waals surface area (Å²) in [6.07, 6.45) is 0.493. The summed E-state index contributed by atoms with van der Waals surface area (Å²) in [5.74, 6) is -11.9. The van der Waals surface area contributed by atoms with Gasteiger partial charge in [-0.15, -0.1) is 0 Å². The Bertz CT molecular complexity index is 2420. The van der Waals surface area contributed by atoms with E-state index in [1.54, 1.807) is 74.5 Å². The van der Waals surface area contributed by atoms with Gasteiger partial charge in [0.25, 0.3) is 0 Å². The molecule has 2 aromatic carbocycles. The molecule has 0 heterocycles. The lowest BCUT2D eigenvalue weighted by atomic mass is 9.87. The van der Waals surface area contributed by atoms with Crippen LogP contribution in [0.25, 0.3) is 0 Å². The predicted molar refractivity (Wildman–Crippen MR) is 308 cm³/mol. The Morgan fingerprint density at radius 1 is 0.444 bits per heavy atom. The van der Waals surface area contributed by atoms with E-state index in [1.807, 2.05) is 0 Å². The number of nitrogens with one attached hydrogen (secondary N) is 4. The van der Waals surface area contributed by atoms with E-state index in [9.17, 15) is 53.1 Å². The molecule has 0 radical (unpaired) electrons. The largest absolute Gasteiger partial charge is 0.481 e. The van der Waals surface area contributed by atoms with Gasteiger partial charge in [-0.25, -0.2) is 0 Å². The van der Waals surface area contributed by atoms with Crippen LogP contribution in [0.5, 0.6) is 0 Å². The lowest BCUT2D eigenvalue weighted by molar-refractivity contribution is -0.141. The van der Waals surface area contributed by atoms with Gasteiger partial charge in [0.05, 0.1) is 24.5 Å². The molecule has 0 bridgehead atoms. The lowest BCUT2D eigenvalue weighted by Gasteiger charge is -2.26. The number of unbranched alkanes of at least 4 members (excludes halogenated alkanes) is 2. The second kappa shape index (κ2) is 38.1. The minimum atomic E-state index is -1.59. The molecule has 5 amide bonds. The van der Waals surface area contributed by atoms with Gasteiger partial charge < -0.3 is 66.5 Å². The number of rotatable bonds is 43. The van der Waals surface area contributed by atoms with Gasteiger partial charge in [0.2, 0.25) is 29.5 Å². The van der Waals surface area contributed by atoms with Crippen LogP contribution < -0.4 is 61.4 Å². The molecule has 0 spiro atoms. The molecular formula is C57H89N13O11. The summed E-state index contributed by atoms with van der Waals surface area (Å²) in [7, 11) is 0. The molecule has 0 aliphatic heterocycles. The van der Waals surface area contributed by atoms with Gasteiger partial charge in [-0.3, -0.25) is 57.9 Å². The lowest BCUT2D eigenvalue weighted by Crippen LogP contribution is -2.49. The molecule has 0 saturated heterocycles. The number of benzene rings is 2. The first-order chi connectivity index (χ1) is 38.4. The van der Waals surface area contributed by atoms with Gasteiger partial charge in [0.15, 0.2) is 29.3 Å². The van der Waals surface area contributed by atoms with Crippen LogP contribution in [0.3, 0.4) is 0 Å². The van der Waals surface area contributed by atoms with Gasteiger partial charge in [-0.1, -0.05) is 81.4 Å². The third kappa shape index (κ3) is 28.4. The molecule has 19 N–H and O–H groups in total. The van der Waals surface area contributed by atoms with Crippen molar-refractivity contribution >= 4 is 70.6 Å². The number of aliphatic imine (C=N–C) groups is 2. The molecule has 8 atom stereocenters. The Balaban J connectivity index is 2.50. The quantitative estimate of drug-likeness (QED) is 0.0247. The smallest absolute Gasteiger partial charge is 0.305 e. The topological polar surface area (TPSA) is 446 Å². The fourth-order valence-corrected chi connectivity index (χ4v) is 8.97. The Kier molecular flexibility index (Phi) is 32.7. The van der Waals surface area contributed by atoms with Crippen molar-refractivity contribution in [2.75, 3.05) is 26.2 Å². The van der Waals surface area contributed by atoms with Crippen molar-refractivity contribution in [3.05, 3.63) is 71.8 Å². The van der Waals surface area contributed by atoms with Crippen molar-refractivity contribution in [1.82, 2.24) is 21.3 Å². The van der Waals surface area contributed by atoms with Crippen LogP contribution in [0.1, 0.15) is 128 Å². The number of carboxylic acids is 1. The summed E-state index contributed by atoms with van der Waals surface area (Å²) in [4.78, 5) is 145. The highest BCUT2D eigenvalue weighted by Gasteiger charge is 2.36. The van der Waals surface area contributed by atoms with E-state index in [0.29, 0.717) is 44.2 Å². The van der Waals surface area contributed by atoms with Crippen molar-refractivity contribution in [2.45, 2.75) is 154 Å². The zero-order valence-corrected chi connectivity index (χ0v) is 47.3. The maximum Gasteiger partial charge on any atom is 0.305 e. The molecule has 0 saturated carbocycles. The van der Waals surface area contributed by atoms with Gasteiger partial charge >= 0.3 is 5.97 Å². The number of Topliss-reactive ketones (excluding diaryl/α,β-unsaturated/α-hetero) is 4. The number of carboxylic acid groups (broad SMARTS) is 1.